The molecule has 1 saturated heterocycles. The zero-order valence-corrected chi connectivity index (χ0v) is 15.9. The number of oxime groups is 1. The lowest BCUT2D eigenvalue weighted by molar-refractivity contribution is -0.132. The summed E-state index contributed by atoms with van der Waals surface area (Å²) in [6.45, 7) is 1.44. The third kappa shape index (κ3) is 4.19. The van der Waals surface area contributed by atoms with Gasteiger partial charge in [0, 0.05) is 6.54 Å². The fourth-order valence-electron chi connectivity index (χ4n) is 3.12. The Balaban J connectivity index is 1.43. The van der Waals surface area contributed by atoms with Crippen molar-refractivity contribution in [1.82, 2.24) is 14.9 Å². The molecule has 150 valence electrons. The SMILES string of the molecule is CO/N=C(/C(=O)N1CCOC(COc2ncnc3ccccc23)C1)c1ccco1. The van der Waals surface area contributed by atoms with E-state index in [0.29, 0.717) is 31.3 Å². The fraction of sp³-hybridized carbons (Fsp3) is 0.300. The van der Waals surface area contributed by atoms with E-state index in [0.717, 1.165) is 10.9 Å². The number of carbonyl (C=O) groups excluding carboxylic acids is 1. The molecule has 9 nitrogen and oxygen atoms in total. The van der Waals surface area contributed by atoms with Crippen LogP contribution in [0.4, 0.5) is 0 Å². The van der Waals surface area contributed by atoms with Gasteiger partial charge in [-0.3, -0.25) is 4.79 Å². The van der Waals surface area contributed by atoms with Crippen LogP contribution in [0, 0.1) is 0 Å². The highest BCUT2D eigenvalue weighted by atomic mass is 16.6. The lowest BCUT2D eigenvalue weighted by atomic mass is 10.2. The summed E-state index contributed by atoms with van der Waals surface area (Å²) in [7, 11) is 1.39. The van der Waals surface area contributed by atoms with E-state index in [1.807, 2.05) is 24.3 Å². The van der Waals surface area contributed by atoms with Crippen LogP contribution < -0.4 is 4.74 Å². The standard InChI is InChI=1S/C20H20N4O5/c1-26-23-18(17-7-4-9-28-17)20(25)24-8-10-27-14(11-24)12-29-19-15-5-2-3-6-16(15)21-13-22-19/h2-7,9,13-14H,8,10-12H2,1H3/b23-18+. The van der Waals surface area contributed by atoms with Gasteiger partial charge in [0.05, 0.1) is 30.3 Å². The average molecular weight is 396 g/mol. The zero-order valence-electron chi connectivity index (χ0n) is 15.9. The van der Waals surface area contributed by atoms with Gasteiger partial charge < -0.3 is 23.6 Å². The second-order valence-electron chi connectivity index (χ2n) is 6.35. The summed E-state index contributed by atoms with van der Waals surface area (Å²) in [6.07, 6.45) is 2.64. The Labute approximate surface area is 166 Å². The molecule has 0 saturated carbocycles. The van der Waals surface area contributed by atoms with Gasteiger partial charge in [0.25, 0.3) is 5.91 Å². The van der Waals surface area contributed by atoms with E-state index in [1.54, 1.807) is 17.0 Å². The summed E-state index contributed by atoms with van der Waals surface area (Å²) < 4.78 is 17.0. The number of carbonyl (C=O) groups is 1. The van der Waals surface area contributed by atoms with Crippen LogP contribution in [0.5, 0.6) is 5.88 Å². The Morgan fingerprint density at radius 1 is 1.28 bits per heavy atom. The van der Waals surface area contributed by atoms with Crippen LogP contribution in [0.1, 0.15) is 5.76 Å². The van der Waals surface area contributed by atoms with Crippen LogP contribution in [0.2, 0.25) is 0 Å². The molecular formula is C20H20N4O5. The average Bonchev–Trinajstić information content (AvgIpc) is 3.30. The third-order valence-corrected chi connectivity index (χ3v) is 4.48. The number of fused-ring (bicyclic) bond motifs is 1. The Morgan fingerprint density at radius 2 is 2.17 bits per heavy atom. The topological polar surface area (TPSA) is 99.3 Å². The molecule has 0 radical (unpaired) electrons. The van der Waals surface area contributed by atoms with Crippen LogP contribution in [-0.4, -0.2) is 66.0 Å². The van der Waals surface area contributed by atoms with Gasteiger partial charge in [0.2, 0.25) is 11.6 Å². The number of hydrogen-bond acceptors (Lipinski definition) is 8. The van der Waals surface area contributed by atoms with Gasteiger partial charge in [-0.2, -0.15) is 0 Å². The van der Waals surface area contributed by atoms with Gasteiger partial charge >= 0.3 is 0 Å². The molecule has 3 heterocycles. The molecule has 1 atom stereocenters. The van der Waals surface area contributed by atoms with E-state index in [-0.39, 0.29) is 24.3 Å². The number of para-hydroxylation sites is 1. The number of rotatable bonds is 6. The monoisotopic (exact) mass is 396 g/mol. The molecule has 2 aromatic heterocycles. The summed E-state index contributed by atoms with van der Waals surface area (Å²) in [5.41, 5.74) is 0.915. The Hall–Kier alpha value is -3.46. The maximum atomic E-state index is 12.9. The van der Waals surface area contributed by atoms with Gasteiger partial charge in [0.1, 0.15) is 26.1 Å². The number of ether oxygens (including phenoxy) is 2. The van der Waals surface area contributed by atoms with E-state index >= 15 is 0 Å². The van der Waals surface area contributed by atoms with Crippen LogP contribution in [0.25, 0.3) is 10.9 Å². The molecule has 1 aliphatic rings. The predicted octanol–water partition coefficient (Wildman–Crippen LogP) is 1.88. The summed E-state index contributed by atoms with van der Waals surface area (Å²) in [5, 5.41) is 4.66. The van der Waals surface area contributed by atoms with Crippen LogP contribution in [0.3, 0.4) is 0 Å². The van der Waals surface area contributed by atoms with Gasteiger partial charge in [-0.05, 0) is 24.3 Å². The zero-order chi connectivity index (χ0) is 20.1. The number of hydrogen-bond donors (Lipinski definition) is 0. The second-order valence-corrected chi connectivity index (χ2v) is 6.35. The molecule has 0 spiro atoms. The quantitative estimate of drug-likeness (QED) is 0.463. The molecule has 0 aliphatic carbocycles. The molecule has 9 heteroatoms. The van der Waals surface area contributed by atoms with Gasteiger partial charge in [0.15, 0.2) is 5.76 Å². The van der Waals surface area contributed by atoms with Crippen molar-refractivity contribution < 1.29 is 23.5 Å². The highest BCUT2D eigenvalue weighted by molar-refractivity contribution is 6.44. The number of morpholine rings is 1. The predicted molar refractivity (Wildman–Crippen MR) is 104 cm³/mol. The molecule has 3 aromatic rings. The Morgan fingerprint density at radius 3 is 3.00 bits per heavy atom. The van der Waals surface area contributed by atoms with E-state index in [2.05, 4.69) is 15.1 Å². The first-order valence-corrected chi connectivity index (χ1v) is 9.14. The molecule has 29 heavy (non-hydrogen) atoms. The second kappa shape index (κ2) is 8.70. The van der Waals surface area contributed by atoms with Crippen molar-refractivity contribution in [2.75, 3.05) is 33.4 Å². The fourth-order valence-corrected chi connectivity index (χ4v) is 3.12. The third-order valence-electron chi connectivity index (χ3n) is 4.48. The molecule has 1 unspecified atom stereocenters. The number of aromatic nitrogens is 2. The van der Waals surface area contributed by atoms with Crippen molar-refractivity contribution in [2.24, 2.45) is 5.16 Å². The first-order chi connectivity index (χ1) is 14.3. The molecular weight excluding hydrogens is 376 g/mol. The van der Waals surface area contributed by atoms with Crippen molar-refractivity contribution in [3.8, 4) is 5.88 Å². The van der Waals surface area contributed by atoms with E-state index in [9.17, 15) is 4.79 Å². The smallest absolute Gasteiger partial charge is 0.279 e. The normalized spacial score (nSPS) is 17.3. The van der Waals surface area contributed by atoms with E-state index in [1.165, 1.54) is 19.7 Å². The van der Waals surface area contributed by atoms with Crippen molar-refractivity contribution in [1.29, 1.82) is 0 Å². The molecule has 0 bridgehead atoms. The molecule has 4 rings (SSSR count). The highest BCUT2D eigenvalue weighted by Crippen LogP contribution is 2.21. The van der Waals surface area contributed by atoms with Crippen LogP contribution in [0.15, 0.2) is 58.6 Å². The van der Waals surface area contributed by atoms with Crippen LogP contribution in [-0.2, 0) is 14.4 Å². The van der Waals surface area contributed by atoms with Crippen LogP contribution >= 0.6 is 0 Å². The Bertz CT molecular complexity index is 1000. The maximum Gasteiger partial charge on any atom is 0.279 e. The number of benzene rings is 1. The lowest BCUT2D eigenvalue weighted by Crippen LogP contribution is -2.49. The van der Waals surface area contributed by atoms with Crippen molar-refractivity contribution >= 4 is 22.5 Å². The summed E-state index contributed by atoms with van der Waals surface area (Å²) in [5.74, 6) is 0.547. The van der Waals surface area contributed by atoms with E-state index < -0.39 is 0 Å². The number of furan rings is 1. The molecule has 1 fully saturated rings. The maximum absolute atomic E-state index is 12.9. The first-order valence-electron chi connectivity index (χ1n) is 9.14. The van der Waals surface area contributed by atoms with Gasteiger partial charge in [-0.15, -0.1) is 0 Å². The Kier molecular flexibility index (Phi) is 5.66. The van der Waals surface area contributed by atoms with Gasteiger partial charge in [-0.25, -0.2) is 9.97 Å². The summed E-state index contributed by atoms with van der Waals surface area (Å²) >= 11 is 0. The van der Waals surface area contributed by atoms with Crippen molar-refractivity contribution in [3.05, 3.63) is 54.7 Å². The minimum atomic E-state index is -0.304. The highest BCUT2D eigenvalue weighted by Gasteiger charge is 2.30. The van der Waals surface area contributed by atoms with Crippen molar-refractivity contribution in [3.63, 3.8) is 0 Å². The number of amides is 1. The lowest BCUT2D eigenvalue weighted by Gasteiger charge is -2.32. The van der Waals surface area contributed by atoms with Crippen molar-refractivity contribution in [2.45, 2.75) is 6.10 Å². The largest absolute Gasteiger partial charge is 0.474 e. The molecule has 1 aliphatic heterocycles. The molecule has 1 amide bonds. The minimum absolute atomic E-state index is 0.112. The summed E-state index contributed by atoms with van der Waals surface area (Å²) in [6, 6.07) is 11.0. The summed E-state index contributed by atoms with van der Waals surface area (Å²) in [4.78, 5) is 27.8. The van der Waals surface area contributed by atoms with E-state index in [4.69, 9.17) is 18.7 Å². The minimum Gasteiger partial charge on any atom is -0.474 e. The van der Waals surface area contributed by atoms with Gasteiger partial charge in [-0.1, -0.05) is 17.3 Å². The molecule has 0 N–H and O–H groups in total. The molecule has 1 aromatic carbocycles. The first kappa shape index (κ1) is 18.9. The number of nitrogens with zero attached hydrogens (tertiary/aromatic N) is 4.